The number of rotatable bonds is 7. The van der Waals surface area contributed by atoms with Crippen LogP contribution in [0.1, 0.15) is 59.8 Å². The molecule has 0 aromatic heterocycles. The number of carbonyl (C=O) groups is 1. The number of amides is 1. The van der Waals surface area contributed by atoms with Gasteiger partial charge in [-0.3, -0.25) is 4.79 Å². The first-order valence-electron chi connectivity index (χ1n) is 12.6. The Morgan fingerprint density at radius 2 is 2.00 bits per heavy atom. The van der Waals surface area contributed by atoms with E-state index in [1.54, 1.807) is 0 Å². The Bertz CT molecular complexity index is 896. The molecule has 8 atom stereocenters. The second kappa shape index (κ2) is 9.39. The lowest BCUT2D eigenvalue weighted by molar-refractivity contribution is -0.577. The highest BCUT2D eigenvalue weighted by Gasteiger charge is 2.69. The highest BCUT2D eigenvalue weighted by molar-refractivity contribution is 5.88. The smallest absolute Gasteiger partial charge is 0.221 e. The number of nitrogens with one attached hydrogen (secondary N) is 1. The van der Waals surface area contributed by atoms with E-state index in [0.717, 1.165) is 31.4 Å². The van der Waals surface area contributed by atoms with Crippen LogP contribution in [-0.4, -0.2) is 43.1 Å². The third-order valence-electron chi connectivity index (χ3n) is 8.09. The van der Waals surface area contributed by atoms with Crippen molar-refractivity contribution in [2.75, 3.05) is 18.5 Å². The molecule has 0 radical (unpaired) electrons. The fourth-order valence-electron chi connectivity index (χ4n) is 6.38. The van der Waals surface area contributed by atoms with Crippen molar-refractivity contribution in [2.45, 2.75) is 83.8 Å². The monoisotopic (exact) mass is 475 g/mol. The lowest BCUT2D eigenvalue weighted by Gasteiger charge is -2.60. The molecule has 1 saturated carbocycles. The Hall–Kier alpha value is -1.71. The van der Waals surface area contributed by atoms with E-state index in [1.807, 2.05) is 31.2 Å². The fraction of sp³-hybridized carbons (Fsp3) is 0.731. The molecule has 2 bridgehead atoms. The first-order chi connectivity index (χ1) is 16.3. The molecule has 1 amide bonds. The van der Waals surface area contributed by atoms with Crippen LogP contribution in [0.5, 0.6) is 5.75 Å². The first-order valence-corrected chi connectivity index (χ1v) is 12.6. The molecular weight excluding hydrogens is 438 g/mol. The molecule has 1 aromatic rings. The van der Waals surface area contributed by atoms with E-state index in [0.29, 0.717) is 30.8 Å². The third-order valence-corrected chi connectivity index (χ3v) is 8.09. The summed E-state index contributed by atoms with van der Waals surface area (Å²) in [6, 6.07) is 7.38. The zero-order valence-electron chi connectivity index (χ0n) is 20.6. The van der Waals surface area contributed by atoms with E-state index >= 15 is 0 Å². The SMILES string of the molecule is CC(=O)Nc1cccc(OCCCO[C@H]2O[C@@H]3O[C@@]4(C)CCC5[C@H](C)CC[C@@H]([C@H]2C)[C@]53OO4)c1. The highest BCUT2D eigenvalue weighted by Crippen LogP contribution is 2.60. The number of ether oxygens (including phenoxy) is 4. The van der Waals surface area contributed by atoms with Crippen LogP contribution in [0, 0.1) is 23.7 Å². The van der Waals surface area contributed by atoms with Crippen molar-refractivity contribution in [2.24, 2.45) is 23.7 Å². The van der Waals surface area contributed by atoms with Crippen LogP contribution in [0.15, 0.2) is 24.3 Å². The van der Waals surface area contributed by atoms with Gasteiger partial charge in [0.25, 0.3) is 0 Å². The third kappa shape index (κ3) is 4.35. The van der Waals surface area contributed by atoms with Crippen LogP contribution in [0.25, 0.3) is 0 Å². The van der Waals surface area contributed by atoms with Crippen molar-refractivity contribution in [1.29, 1.82) is 0 Å². The summed E-state index contributed by atoms with van der Waals surface area (Å²) in [4.78, 5) is 23.3. The van der Waals surface area contributed by atoms with Gasteiger partial charge in [-0.1, -0.05) is 19.9 Å². The van der Waals surface area contributed by atoms with Gasteiger partial charge in [0.1, 0.15) is 5.75 Å². The van der Waals surface area contributed by atoms with E-state index in [-0.39, 0.29) is 24.0 Å². The molecule has 4 aliphatic heterocycles. The van der Waals surface area contributed by atoms with Crippen LogP contribution < -0.4 is 10.1 Å². The number of anilines is 1. The average Bonchev–Trinajstić information content (AvgIpc) is 3.02. The second-order valence-corrected chi connectivity index (χ2v) is 10.6. The summed E-state index contributed by atoms with van der Waals surface area (Å²) >= 11 is 0. The largest absolute Gasteiger partial charge is 0.493 e. The second-order valence-electron chi connectivity index (χ2n) is 10.6. The Morgan fingerprint density at radius 1 is 1.15 bits per heavy atom. The normalized spacial score (nSPS) is 40.8. The topological polar surface area (TPSA) is 84.5 Å². The van der Waals surface area contributed by atoms with Gasteiger partial charge in [0.05, 0.1) is 13.2 Å². The van der Waals surface area contributed by atoms with Gasteiger partial charge in [0, 0.05) is 43.4 Å². The minimum absolute atomic E-state index is 0.107. The van der Waals surface area contributed by atoms with Crippen molar-refractivity contribution < 1.29 is 33.5 Å². The lowest BCUT2D eigenvalue weighted by atomic mass is 9.58. The maximum atomic E-state index is 11.2. The molecule has 8 heteroatoms. The number of fused-ring (bicyclic) bond motifs is 2. The summed E-state index contributed by atoms with van der Waals surface area (Å²) in [6.07, 6.45) is 3.92. The van der Waals surface area contributed by atoms with Crippen molar-refractivity contribution in [3.63, 3.8) is 0 Å². The summed E-state index contributed by atoms with van der Waals surface area (Å²) in [6.45, 7) is 8.95. The molecule has 1 aromatic carbocycles. The standard InChI is InChI=1S/C26H37NO7/c1-16-9-10-22-17(2)23(31-24-26(22)21(16)11-12-25(4,32-24)33-34-26)30-14-6-13-29-20-8-5-7-19(15-20)27-18(3)28/h5,7-8,15-17,21-24H,6,9-14H2,1-4H3,(H,27,28)/t16-,17-,21?,22+,23+,24-,25-,26-/m1/s1. The molecule has 5 aliphatic rings. The van der Waals surface area contributed by atoms with Gasteiger partial charge in [0.15, 0.2) is 18.2 Å². The summed E-state index contributed by atoms with van der Waals surface area (Å²) in [5, 5.41) is 2.76. The van der Waals surface area contributed by atoms with Gasteiger partial charge < -0.3 is 24.3 Å². The van der Waals surface area contributed by atoms with Crippen LogP contribution in [-0.2, 0) is 28.8 Å². The van der Waals surface area contributed by atoms with E-state index < -0.39 is 17.7 Å². The lowest BCUT2D eigenvalue weighted by Crippen LogP contribution is -2.70. The molecule has 188 valence electrons. The predicted molar refractivity (Wildman–Crippen MR) is 124 cm³/mol. The summed E-state index contributed by atoms with van der Waals surface area (Å²) in [5.41, 5.74) is 0.159. The zero-order chi connectivity index (χ0) is 23.9. The zero-order valence-corrected chi connectivity index (χ0v) is 20.6. The number of carbonyl (C=O) groups excluding carboxylic acids is 1. The fourth-order valence-corrected chi connectivity index (χ4v) is 6.38. The molecule has 34 heavy (non-hydrogen) atoms. The highest BCUT2D eigenvalue weighted by atomic mass is 17.3. The molecular formula is C26H37NO7. The van der Waals surface area contributed by atoms with Gasteiger partial charge in [-0.2, -0.15) is 0 Å². The van der Waals surface area contributed by atoms with Crippen LogP contribution >= 0.6 is 0 Å². The molecule has 8 nitrogen and oxygen atoms in total. The van der Waals surface area contributed by atoms with Crippen molar-refractivity contribution in [3.8, 4) is 5.75 Å². The van der Waals surface area contributed by atoms with Crippen LogP contribution in [0.2, 0.25) is 0 Å². The van der Waals surface area contributed by atoms with Gasteiger partial charge in [-0.25, -0.2) is 9.78 Å². The molecule has 4 saturated heterocycles. The van der Waals surface area contributed by atoms with Crippen molar-refractivity contribution in [3.05, 3.63) is 24.3 Å². The van der Waals surface area contributed by atoms with E-state index in [1.165, 1.54) is 13.3 Å². The Morgan fingerprint density at radius 3 is 2.82 bits per heavy atom. The predicted octanol–water partition coefficient (Wildman–Crippen LogP) is 4.64. The molecule has 1 aliphatic carbocycles. The minimum Gasteiger partial charge on any atom is -0.493 e. The summed E-state index contributed by atoms with van der Waals surface area (Å²) in [7, 11) is 0. The van der Waals surface area contributed by atoms with Gasteiger partial charge in [-0.15, -0.1) is 0 Å². The van der Waals surface area contributed by atoms with Crippen molar-refractivity contribution >= 4 is 11.6 Å². The van der Waals surface area contributed by atoms with E-state index in [4.69, 9.17) is 28.7 Å². The minimum atomic E-state index is -0.776. The Kier molecular flexibility index (Phi) is 6.63. The first kappa shape index (κ1) is 24.0. The summed E-state index contributed by atoms with van der Waals surface area (Å²) < 4.78 is 24.9. The molecule has 1 unspecified atom stereocenters. The van der Waals surface area contributed by atoms with Crippen LogP contribution in [0.4, 0.5) is 5.69 Å². The van der Waals surface area contributed by atoms with Gasteiger partial charge in [0.2, 0.25) is 11.7 Å². The van der Waals surface area contributed by atoms with E-state index in [2.05, 4.69) is 19.2 Å². The van der Waals surface area contributed by atoms with Crippen LogP contribution in [0.3, 0.4) is 0 Å². The van der Waals surface area contributed by atoms with E-state index in [9.17, 15) is 4.79 Å². The van der Waals surface area contributed by atoms with Crippen molar-refractivity contribution in [1.82, 2.24) is 0 Å². The Labute approximate surface area is 201 Å². The van der Waals surface area contributed by atoms with Gasteiger partial charge in [-0.05, 0) is 50.2 Å². The number of benzene rings is 1. The Balaban J connectivity index is 1.18. The quantitative estimate of drug-likeness (QED) is 0.454. The molecule has 1 spiro atoms. The average molecular weight is 476 g/mol. The van der Waals surface area contributed by atoms with Gasteiger partial charge >= 0.3 is 0 Å². The summed E-state index contributed by atoms with van der Waals surface area (Å²) in [5.74, 6) is 1.15. The molecule has 5 fully saturated rings. The molecule has 4 heterocycles. The maximum absolute atomic E-state index is 11.2. The number of hydrogen-bond acceptors (Lipinski definition) is 7. The maximum Gasteiger partial charge on any atom is 0.221 e. The molecule has 1 N–H and O–H groups in total. The molecule has 6 rings (SSSR count). The number of hydrogen-bond donors (Lipinski definition) is 1.